The summed E-state index contributed by atoms with van der Waals surface area (Å²) in [4.78, 5) is 12.4. The van der Waals surface area contributed by atoms with Gasteiger partial charge in [0, 0.05) is 18.5 Å². The van der Waals surface area contributed by atoms with Crippen LogP contribution in [0.3, 0.4) is 0 Å². The molecule has 1 amide bonds. The maximum Gasteiger partial charge on any atom is 0.573 e. The van der Waals surface area contributed by atoms with E-state index in [2.05, 4.69) is 20.3 Å². The third-order valence-corrected chi connectivity index (χ3v) is 4.90. The number of H-pyrrole nitrogens is 1. The minimum absolute atomic E-state index is 0.159. The van der Waals surface area contributed by atoms with E-state index in [-0.39, 0.29) is 24.1 Å². The van der Waals surface area contributed by atoms with Crippen molar-refractivity contribution in [3.05, 3.63) is 64.4 Å². The number of rotatable bonds is 7. The first-order valence-electron chi connectivity index (χ1n) is 9.50. The largest absolute Gasteiger partial charge is 0.573 e. The zero-order valence-corrected chi connectivity index (χ0v) is 17.7. The van der Waals surface area contributed by atoms with Crippen LogP contribution in [0, 0.1) is 11.7 Å². The fourth-order valence-corrected chi connectivity index (χ4v) is 3.32. The molecule has 1 aromatic heterocycles. The van der Waals surface area contributed by atoms with Crippen LogP contribution in [0.15, 0.2) is 48.5 Å². The van der Waals surface area contributed by atoms with Crippen LogP contribution in [0.1, 0.15) is 30.5 Å². The van der Waals surface area contributed by atoms with Gasteiger partial charge in [-0.15, -0.1) is 13.2 Å². The maximum atomic E-state index is 12.4. The summed E-state index contributed by atoms with van der Waals surface area (Å²) in [6, 6.07) is 12.8. The third kappa shape index (κ3) is 6.17. The first kappa shape index (κ1) is 22.5. The van der Waals surface area contributed by atoms with Gasteiger partial charge in [0.1, 0.15) is 5.75 Å². The molecule has 2 N–H and O–H groups in total. The normalized spacial score (nSPS) is 12.4. The highest BCUT2D eigenvalue weighted by Gasteiger charge is 2.31. The SMILES string of the molecule is Cc1cccc(-c2n[nH]c(=S)n2CCC(=O)NC(C)c2ccc(OC(F)(F)F)cc2)c1. The molecule has 0 aliphatic rings. The Kier molecular flexibility index (Phi) is 6.79. The second-order valence-corrected chi connectivity index (χ2v) is 7.42. The van der Waals surface area contributed by atoms with Gasteiger partial charge in [0.15, 0.2) is 10.6 Å². The Morgan fingerprint density at radius 3 is 2.61 bits per heavy atom. The first-order chi connectivity index (χ1) is 14.6. The molecular weight excluding hydrogens is 429 g/mol. The number of ether oxygens (including phenoxy) is 1. The highest BCUT2D eigenvalue weighted by molar-refractivity contribution is 7.71. The molecule has 164 valence electrons. The van der Waals surface area contributed by atoms with Gasteiger partial charge in [0.25, 0.3) is 0 Å². The van der Waals surface area contributed by atoms with E-state index < -0.39 is 6.36 Å². The number of carbonyl (C=O) groups is 1. The Bertz CT molecular complexity index is 1110. The van der Waals surface area contributed by atoms with Gasteiger partial charge in [-0.1, -0.05) is 35.9 Å². The van der Waals surface area contributed by atoms with Crippen molar-refractivity contribution < 1.29 is 22.7 Å². The van der Waals surface area contributed by atoms with E-state index in [0.717, 1.165) is 11.1 Å². The van der Waals surface area contributed by atoms with Crippen molar-refractivity contribution in [2.45, 2.75) is 39.2 Å². The van der Waals surface area contributed by atoms with Crippen molar-refractivity contribution in [1.82, 2.24) is 20.1 Å². The van der Waals surface area contributed by atoms with Crippen molar-refractivity contribution in [3.63, 3.8) is 0 Å². The number of nitrogens with one attached hydrogen (secondary N) is 2. The maximum absolute atomic E-state index is 12.4. The van der Waals surface area contributed by atoms with Crippen LogP contribution in [0.4, 0.5) is 13.2 Å². The van der Waals surface area contributed by atoms with E-state index in [4.69, 9.17) is 12.2 Å². The highest BCUT2D eigenvalue weighted by atomic mass is 32.1. The number of aromatic amines is 1. The third-order valence-electron chi connectivity index (χ3n) is 4.59. The molecule has 10 heteroatoms. The predicted octanol–water partition coefficient (Wildman–Crippen LogP) is 5.08. The number of nitrogens with zero attached hydrogens (tertiary/aromatic N) is 2. The summed E-state index contributed by atoms with van der Waals surface area (Å²) in [5.74, 6) is 0.115. The lowest BCUT2D eigenvalue weighted by Crippen LogP contribution is -2.27. The van der Waals surface area contributed by atoms with Crippen LogP contribution < -0.4 is 10.1 Å². The lowest BCUT2D eigenvalue weighted by atomic mass is 10.1. The van der Waals surface area contributed by atoms with Gasteiger partial charge < -0.3 is 10.1 Å². The molecular formula is C21H21F3N4O2S. The number of aromatic nitrogens is 3. The molecule has 3 aromatic rings. The highest BCUT2D eigenvalue weighted by Crippen LogP contribution is 2.24. The van der Waals surface area contributed by atoms with E-state index in [1.165, 1.54) is 24.3 Å². The van der Waals surface area contributed by atoms with Crippen molar-refractivity contribution in [3.8, 4) is 17.1 Å². The lowest BCUT2D eigenvalue weighted by Gasteiger charge is -2.16. The standard InChI is InChI=1S/C21H21F3N4O2S/c1-13-4-3-5-16(12-13)19-26-27-20(31)28(19)11-10-18(29)25-14(2)15-6-8-17(9-7-15)30-21(22,23)24/h3-9,12,14H,10-11H2,1-2H3,(H,25,29)(H,27,31). The van der Waals surface area contributed by atoms with Gasteiger partial charge in [-0.3, -0.25) is 14.5 Å². The van der Waals surface area contributed by atoms with E-state index in [1.807, 2.05) is 31.2 Å². The van der Waals surface area contributed by atoms with Crippen molar-refractivity contribution in [2.75, 3.05) is 0 Å². The topological polar surface area (TPSA) is 71.9 Å². The second-order valence-electron chi connectivity index (χ2n) is 7.03. The fourth-order valence-electron chi connectivity index (χ4n) is 3.10. The monoisotopic (exact) mass is 450 g/mol. The molecule has 3 rings (SSSR count). The fraction of sp³-hybridized carbons (Fsp3) is 0.286. The summed E-state index contributed by atoms with van der Waals surface area (Å²) in [5.41, 5.74) is 2.63. The van der Waals surface area contributed by atoms with E-state index in [9.17, 15) is 18.0 Å². The molecule has 0 bridgehead atoms. The number of benzene rings is 2. The molecule has 0 spiro atoms. The van der Waals surface area contributed by atoms with E-state index in [1.54, 1.807) is 11.5 Å². The molecule has 31 heavy (non-hydrogen) atoms. The molecule has 1 atom stereocenters. The van der Waals surface area contributed by atoms with Crippen LogP contribution in [0.5, 0.6) is 5.75 Å². The van der Waals surface area contributed by atoms with Crippen LogP contribution in [-0.4, -0.2) is 27.0 Å². The Hall–Kier alpha value is -3.14. The van der Waals surface area contributed by atoms with E-state index >= 15 is 0 Å². The Labute approximate surface area is 182 Å². The second kappa shape index (κ2) is 9.34. The van der Waals surface area contributed by atoms with Gasteiger partial charge in [0.05, 0.1) is 6.04 Å². The zero-order valence-electron chi connectivity index (χ0n) is 16.9. The molecule has 0 aliphatic carbocycles. The average molecular weight is 450 g/mol. The quantitative estimate of drug-likeness (QED) is 0.493. The first-order valence-corrected chi connectivity index (χ1v) is 9.90. The molecule has 2 aromatic carbocycles. The summed E-state index contributed by atoms with van der Waals surface area (Å²) < 4.78 is 42.8. The van der Waals surface area contributed by atoms with Crippen molar-refractivity contribution in [1.29, 1.82) is 0 Å². The number of halogens is 3. The van der Waals surface area contributed by atoms with Crippen LogP contribution in [0.2, 0.25) is 0 Å². The number of aryl methyl sites for hydroxylation is 1. The molecule has 0 saturated heterocycles. The van der Waals surface area contributed by atoms with Crippen LogP contribution >= 0.6 is 12.2 Å². The Morgan fingerprint density at radius 1 is 1.26 bits per heavy atom. The van der Waals surface area contributed by atoms with Crippen LogP contribution in [0.25, 0.3) is 11.4 Å². The van der Waals surface area contributed by atoms with Gasteiger partial charge >= 0.3 is 6.36 Å². The van der Waals surface area contributed by atoms with Crippen LogP contribution in [-0.2, 0) is 11.3 Å². The van der Waals surface area contributed by atoms with E-state index in [0.29, 0.717) is 22.7 Å². The number of hydrogen-bond donors (Lipinski definition) is 2. The Balaban J connectivity index is 1.61. The molecule has 0 saturated carbocycles. The minimum atomic E-state index is -4.74. The minimum Gasteiger partial charge on any atom is -0.406 e. The summed E-state index contributed by atoms with van der Waals surface area (Å²) in [5, 5.41) is 9.86. The number of hydrogen-bond acceptors (Lipinski definition) is 4. The predicted molar refractivity (Wildman–Crippen MR) is 112 cm³/mol. The lowest BCUT2D eigenvalue weighted by molar-refractivity contribution is -0.274. The number of carbonyl (C=O) groups excluding carboxylic acids is 1. The van der Waals surface area contributed by atoms with Gasteiger partial charge in [-0.25, -0.2) is 0 Å². The zero-order chi connectivity index (χ0) is 22.6. The molecule has 0 aliphatic heterocycles. The molecule has 0 radical (unpaired) electrons. The summed E-state index contributed by atoms with van der Waals surface area (Å²) in [6.07, 6.45) is -4.58. The van der Waals surface area contributed by atoms with Gasteiger partial charge in [-0.05, 0) is 49.8 Å². The average Bonchev–Trinajstić information content (AvgIpc) is 3.06. The van der Waals surface area contributed by atoms with Crippen molar-refractivity contribution in [2.24, 2.45) is 0 Å². The number of alkyl halides is 3. The Morgan fingerprint density at radius 2 is 1.97 bits per heavy atom. The molecule has 1 heterocycles. The molecule has 6 nitrogen and oxygen atoms in total. The summed E-state index contributed by atoms with van der Waals surface area (Å²) in [6.45, 7) is 4.06. The van der Waals surface area contributed by atoms with Gasteiger partial charge in [-0.2, -0.15) is 5.10 Å². The molecule has 0 fully saturated rings. The van der Waals surface area contributed by atoms with Crippen molar-refractivity contribution >= 4 is 18.1 Å². The smallest absolute Gasteiger partial charge is 0.406 e. The summed E-state index contributed by atoms with van der Waals surface area (Å²) >= 11 is 5.29. The summed E-state index contributed by atoms with van der Waals surface area (Å²) in [7, 11) is 0. The number of amides is 1. The molecule has 1 unspecified atom stereocenters. The van der Waals surface area contributed by atoms with Gasteiger partial charge in [0.2, 0.25) is 5.91 Å².